The van der Waals surface area contributed by atoms with Gasteiger partial charge in [-0.3, -0.25) is 14.6 Å². The first kappa shape index (κ1) is 22.6. The van der Waals surface area contributed by atoms with Crippen LogP contribution in [0.2, 0.25) is 0 Å². The van der Waals surface area contributed by atoms with Gasteiger partial charge in [-0.2, -0.15) is 13.2 Å². The lowest BCUT2D eigenvalue weighted by Gasteiger charge is -2.31. The van der Waals surface area contributed by atoms with Crippen LogP contribution in [0, 0.1) is 5.82 Å². The number of carbonyl (C=O) groups excluding carboxylic acids is 2. The van der Waals surface area contributed by atoms with E-state index in [1.807, 2.05) is 0 Å². The van der Waals surface area contributed by atoms with Crippen LogP contribution in [0.4, 0.5) is 39.4 Å². The Kier molecular flexibility index (Phi) is 5.39. The predicted octanol–water partition coefficient (Wildman–Crippen LogP) is 1.63. The first-order valence-corrected chi connectivity index (χ1v) is 9.55. The van der Waals surface area contributed by atoms with E-state index < -0.39 is 41.3 Å². The van der Waals surface area contributed by atoms with Gasteiger partial charge in [0.05, 0.1) is 28.4 Å². The molecular weight excluding hydrogens is 460 g/mol. The van der Waals surface area contributed by atoms with Crippen LogP contribution >= 0.6 is 0 Å². The molecule has 0 bridgehead atoms. The number of primary amides is 2. The molecule has 0 radical (unpaired) electrons. The van der Waals surface area contributed by atoms with Gasteiger partial charge in [-0.25, -0.2) is 14.2 Å². The molecule has 4 rings (SSSR count). The summed E-state index contributed by atoms with van der Waals surface area (Å²) in [5.74, 6) is -1.82. The lowest BCUT2D eigenvalue weighted by atomic mass is 10.1. The number of amides is 3. The number of hydrogen-bond donors (Lipinski definition) is 3. The predicted molar refractivity (Wildman–Crippen MR) is 112 cm³/mol. The van der Waals surface area contributed by atoms with E-state index >= 15 is 0 Å². The molecule has 1 unspecified atom stereocenters. The standard InChI is InChI=1S/C21H16F4N6O3/c22-14-6-1-10(21(23,24)25)9-15(14)30(20(28)33)11-2-4-12(5-3-11)31-16(26)13-7-8-34-19(13)29-18(31)17(27)32/h1-9,18H,26H2,(H2,27,32)(H2,28,33). The van der Waals surface area contributed by atoms with Crippen LogP contribution in [0.15, 0.2) is 64.2 Å². The van der Waals surface area contributed by atoms with Crippen molar-refractivity contribution in [3.63, 3.8) is 0 Å². The minimum atomic E-state index is -4.77. The maximum absolute atomic E-state index is 14.4. The van der Waals surface area contributed by atoms with Crippen molar-refractivity contribution in [2.24, 2.45) is 22.2 Å². The van der Waals surface area contributed by atoms with Crippen molar-refractivity contribution in [1.29, 1.82) is 0 Å². The van der Waals surface area contributed by atoms with Crippen LogP contribution in [0.5, 0.6) is 0 Å². The average molecular weight is 476 g/mol. The van der Waals surface area contributed by atoms with Crippen molar-refractivity contribution in [3.8, 4) is 0 Å². The van der Waals surface area contributed by atoms with Crippen molar-refractivity contribution in [2.45, 2.75) is 12.3 Å². The van der Waals surface area contributed by atoms with Gasteiger partial charge < -0.3 is 21.6 Å². The largest absolute Gasteiger partial charge is 0.446 e. The van der Waals surface area contributed by atoms with E-state index in [9.17, 15) is 27.2 Å². The first-order chi connectivity index (χ1) is 16.0. The number of fused-ring (bicyclic) bond motifs is 1. The maximum Gasteiger partial charge on any atom is 0.416 e. The number of halogens is 4. The van der Waals surface area contributed by atoms with Crippen molar-refractivity contribution in [2.75, 3.05) is 9.80 Å². The molecule has 3 aromatic rings. The van der Waals surface area contributed by atoms with Crippen LogP contribution in [-0.4, -0.2) is 18.1 Å². The zero-order chi connectivity index (χ0) is 24.8. The smallest absolute Gasteiger partial charge is 0.416 e. The van der Waals surface area contributed by atoms with Crippen LogP contribution < -0.4 is 37.8 Å². The highest BCUT2D eigenvalue weighted by Gasteiger charge is 2.33. The molecule has 1 aromatic heterocycles. The fourth-order valence-electron chi connectivity index (χ4n) is 3.51. The number of nitrogens with two attached hydrogens (primary N) is 3. The van der Waals surface area contributed by atoms with Crippen molar-refractivity contribution >= 4 is 34.8 Å². The van der Waals surface area contributed by atoms with Gasteiger partial charge in [0, 0.05) is 5.69 Å². The fraction of sp³-hybridized carbons (Fsp3) is 0.0952. The molecule has 9 nitrogen and oxygen atoms in total. The zero-order valence-electron chi connectivity index (χ0n) is 17.1. The summed E-state index contributed by atoms with van der Waals surface area (Å²) in [5, 5.41) is 0.409. The Morgan fingerprint density at radius 1 is 1.06 bits per heavy atom. The Morgan fingerprint density at radius 2 is 1.74 bits per heavy atom. The molecule has 0 spiro atoms. The number of urea groups is 1. The third-order valence-corrected chi connectivity index (χ3v) is 5.04. The monoisotopic (exact) mass is 476 g/mol. The topological polar surface area (TPSA) is 144 Å². The van der Waals surface area contributed by atoms with Gasteiger partial charge in [0.1, 0.15) is 11.6 Å². The highest BCUT2D eigenvalue weighted by Crippen LogP contribution is 2.36. The number of carbonyl (C=O) groups is 2. The van der Waals surface area contributed by atoms with E-state index in [1.165, 1.54) is 41.5 Å². The minimum absolute atomic E-state index is 0.0402. The molecule has 2 aromatic carbocycles. The van der Waals surface area contributed by atoms with E-state index in [-0.39, 0.29) is 17.1 Å². The van der Waals surface area contributed by atoms with Gasteiger partial charge in [-0.05, 0) is 48.5 Å². The fourth-order valence-corrected chi connectivity index (χ4v) is 3.51. The summed E-state index contributed by atoms with van der Waals surface area (Å²) in [6, 6.07) is 7.29. The molecule has 1 aliphatic heterocycles. The lowest BCUT2D eigenvalue weighted by molar-refractivity contribution is -0.137. The second-order valence-corrected chi connectivity index (χ2v) is 7.15. The van der Waals surface area contributed by atoms with Gasteiger partial charge in [-0.1, -0.05) is 0 Å². The second kappa shape index (κ2) is 8.10. The summed E-state index contributed by atoms with van der Waals surface area (Å²) in [7, 11) is 0. The van der Waals surface area contributed by atoms with Crippen LogP contribution in [0.25, 0.3) is 5.82 Å². The number of alkyl halides is 3. The molecule has 13 heteroatoms. The third-order valence-electron chi connectivity index (χ3n) is 5.04. The maximum atomic E-state index is 14.4. The van der Waals surface area contributed by atoms with E-state index in [4.69, 9.17) is 21.6 Å². The Balaban J connectivity index is 1.77. The summed E-state index contributed by atoms with van der Waals surface area (Å²) in [6.45, 7) is 0. The van der Waals surface area contributed by atoms with E-state index in [0.717, 1.165) is 0 Å². The quantitative estimate of drug-likeness (QED) is 0.491. The van der Waals surface area contributed by atoms with Gasteiger partial charge in [0.2, 0.25) is 11.7 Å². The summed E-state index contributed by atoms with van der Waals surface area (Å²) in [6.07, 6.45) is -4.69. The highest BCUT2D eigenvalue weighted by atomic mass is 19.4. The summed E-state index contributed by atoms with van der Waals surface area (Å²) < 4.78 is 58.9. The molecular formula is C21H16F4N6O3. The highest BCUT2D eigenvalue weighted by molar-refractivity contribution is 5.99. The third kappa shape index (κ3) is 3.87. The van der Waals surface area contributed by atoms with Crippen molar-refractivity contribution in [3.05, 3.63) is 76.9 Å². The van der Waals surface area contributed by atoms with E-state index in [0.29, 0.717) is 34.0 Å². The molecule has 0 fully saturated rings. The van der Waals surface area contributed by atoms with Crippen LogP contribution in [-0.2, 0) is 11.0 Å². The van der Waals surface area contributed by atoms with E-state index in [2.05, 4.69) is 4.99 Å². The molecule has 34 heavy (non-hydrogen) atoms. The molecule has 6 N–H and O–H groups in total. The Morgan fingerprint density at radius 3 is 2.32 bits per heavy atom. The summed E-state index contributed by atoms with van der Waals surface area (Å²) in [5.41, 5.74) is 15.5. The normalized spacial score (nSPS) is 15.5. The van der Waals surface area contributed by atoms with Crippen molar-refractivity contribution in [1.82, 2.24) is 0 Å². The SMILES string of the molecule is NC(=O)C1N=c2occc2=C(N)N1c1ccc(N(C(N)=O)c2cc(C(F)(F)F)ccc2F)cc1. The number of rotatable bonds is 4. The number of nitrogens with zero attached hydrogens (tertiary/aromatic N) is 3. The first-order valence-electron chi connectivity index (χ1n) is 9.55. The number of benzene rings is 2. The van der Waals surface area contributed by atoms with E-state index in [1.54, 1.807) is 0 Å². The molecule has 3 amide bonds. The van der Waals surface area contributed by atoms with Gasteiger partial charge in [0.25, 0.3) is 5.91 Å². The number of anilines is 3. The second-order valence-electron chi connectivity index (χ2n) is 7.15. The zero-order valence-corrected chi connectivity index (χ0v) is 17.1. The average Bonchev–Trinajstić information content (AvgIpc) is 3.24. The Labute approximate surface area is 188 Å². The van der Waals surface area contributed by atoms with Gasteiger partial charge >= 0.3 is 12.2 Å². The Hall–Kier alpha value is -4.55. The minimum Gasteiger partial charge on any atom is -0.446 e. The lowest BCUT2D eigenvalue weighted by Crippen LogP contribution is -2.52. The molecule has 2 heterocycles. The van der Waals surface area contributed by atoms with Crippen molar-refractivity contribution < 1.29 is 31.6 Å². The van der Waals surface area contributed by atoms with Gasteiger partial charge in [-0.15, -0.1) is 0 Å². The summed E-state index contributed by atoms with van der Waals surface area (Å²) in [4.78, 5) is 30.1. The molecule has 0 aliphatic carbocycles. The molecule has 1 aliphatic rings. The van der Waals surface area contributed by atoms with Crippen LogP contribution in [0.3, 0.4) is 0 Å². The molecule has 0 saturated heterocycles. The number of hydrogen-bond acceptors (Lipinski definition) is 6. The molecule has 1 atom stereocenters. The number of furan rings is 1. The Bertz CT molecular complexity index is 1400. The molecule has 0 saturated carbocycles. The molecule has 176 valence electrons. The summed E-state index contributed by atoms with van der Waals surface area (Å²) >= 11 is 0. The van der Waals surface area contributed by atoms with Gasteiger partial charge in [0.15, 0.2) is 0 Å². The van der Waals surface area contributed by atoms with Crippen LogP contribution in [0.1, 0.15) is 5.56 Å².